The summed E-state index contributed by atoms with van der Waals surface area (Å²) in [6.45, 7) is 0. The minimum Gasteiger partial charge on any atom is -0.324 e. The summed E-state index contributed by atoms with van der Waals surface area (Å²) in [5.74, 6) is -0.940. The number of thioether (sulfide) groups is 1. The first-order chi connectivity index (χ1) is 19.3. The standard InChI is InChI=1S/C30H22BrCl2N3O3S/c31-21-8-4-5-19(15-21)16-27(36-29(38)20-6-2-1-3-7-20)30(39)34-23-10-12-24(13-11-23)40-18-28(37)35-26-14-9-22(32)17-25(26)33/h1-17H,18H2,(H,34,39)(H,35,37)(H,36,38)/b27-16-. The van der Waals surface area contributed by atoms with Crippen molar-refractivity contribution in [2.45, 2.75) is 4.90 Å². The third-order valence-corrected chi connectivity index (χ3v) is 7.43. The van der Waals surface area contributed by atoms with E-state index < -0.39 is 11.8 Å². The lowest BCUT2D eigenvalue weighted by atomic mass is 10.1. The number of carbonyl (C=O) groups excluding carboxylic acids is 3. The number of hydrogen-bond donors (Lipinski definition) is 3. The van der Waals surface area contributed by atoms with Crippen molar-refractivity contribution >= 4 is 86.1 Å². The predicted molar refractivity (Wildman–Crippen MR) is 167 cm³/mol. The van der Waals surface area contributed by atoms with E-state index in [1.165, 1.54) is 11.8 Å². The summed E-state index contributed by atoms with van der Waals surface area (Å²) in [6, 6.07) is 27.9. The molecule has 0 saturated heterocycles. The van der Waals surface area contributed by atoms with Crippen molar-refractivity contribution in [2.24, 2.45) is 0 Å². The largest absolute Gasteiger partial charge is 0.324 e. The Kier molecular flexibility index (Phi) is 10.4. The van der Waals surface area contributed by atoms with Crippen molar-refractivity contribution in [3.8, 4) is 0 Å². The monoisotopic (exact) mass is 653 g/mol. The highest BCUT2D eigenvalue weighted by atomic mass is 79.9. The molecule has 4 rings (SSSR count). The molecule has 3 N–H and O–H groups in total. The van der Waals surface area contributed by atoms with Crippen molar-refractivity contribution in [1.29, 1.82) is 0 Å². The van der Waals surface area contributed by atoms with Crippen LogP contribution in [0.2, 0.25) is 10.0 Å². The lowest BCUT2D eigenvalue weighted by molar-refractivity contribution is -0.114. The summed E-state index contributed by atoms with van der Waals surface area (Å²) in [5, 5.41) is 9.15. The van der Waals surface area contributed by atoms with E-state index in [1.807, 2.05) is 30.3 Å². The van der Waals surface area contributed by atoms with Gasteiger partial charge in [0, 0.05) is 25.6 Å². The molecule has 4 aromatic rings. The first kappa shape index (κ1) is 29.4. The molecule has 0 aliphatic heterocycles. The van der Waals surface area contributed by atoms with Gasteiger partial charge in [0.25, 0.3) is 11.8 Å². The van der Waals surface area contributed by atoms with Crippen LogP contribution < -0.4 is 16.0 Å². The van der Waals surface area contributed by atoms with Gasteiger partial charge in [-0.1, -0.05) is 69.5 Å². The quantitative estimate of drug-likeness (QED) is 0.127. The van der Waals surface area contributed by atoms with Crippen LogP contribution in [0.3, 0.4) is 0 Å². The van der Waals surface area contributed by atoms with Gasteiger partial charge in [0.15, 0.2) is 0 Å². The Morgan fingerprint density at radius 3 is 2.27 bits per heavy atom. The second-order valence-electron chi connectivity index (χ2n) is 8.37. The minimum atomic E-state index is -0.483. The van der Waals surface area contributed by atoms with E-state index in [0.717, 1.165) is 14.9 Å². The number of rotatable bonds is 9. The summed E-state index contributed by atoms with van der Waals surface area (Å²) in [6.07, 6.45) is 1.61. The molecule has 0 fully saturated rings. The Balaban J connectivity index is 1.40. The van der Waals surface area contributed by atoms with E-state index in [1.54, 1.807) is 72.8 Å². The highest BCUT2D eigenvalue weighted by Crippen LogP contribution is 2.26. The number of carbonyl (C=O) groups is 3. The fourth-order valence-electron chi connectivity index (χ4n) is 3.46. The van der Waals surface area contributed by atoms with Gasteiger partial charge < -0.3 is 16.0 Å². The average Bonchev–Trinajstić information content (AvgIpc) is 2.94. The fourth-order valence-corrected chi connectivity index (χ4v) is 5.04. The van der Waals surface area contributed by atoms with Crippen LogP contribution in [-0.2, 0) is 9.59 Å². The van der Waals surface area contributed by atoms with Gasteiger partial charge in [0.1, 0.15) is 5.70 Å². The molecule has 0 radical (unpaired) electrons. The van der Waals surface area contributed by atoms with E-state index in [4.69, 9.17) is 23.2 Å². The molecule has 0 aliphatic carbocycles. The third-order valence-electron chi connectivity index (χ3n) is 5.38. The van der Waals surface area contributed by atoms with Crippen LogP contribution in [0.5, 0.6) is 0 Å². The second-order valence-corrected chi connectivity index (χ2v) is 11.2. The zero-order valence-corrected chi connectivity index (χ0v) is 24.7. The maximum atomic E-state index is 13.2. The maximum Gasteiger partial charge on any atom is 0.272 e. The molecule has 4 aromatic carbocycles. The molecule has 0 unspecified atom stereocenters. The molecule has 0 spiro atoms. The molecule has 3 amide bonds. The van der Waals surface area contributed by atoms with Crippen molar-refractivity contribution in [3.05, 3.63) is 128 Å². The zero-order valence-electron chi connectivity index (χ0n) is 20.8. The van der Waals surface area contributed by atoms with Gasteiger partial charge in [0.05, 0.1) is 16.5 Å². The zero-order chi connectivity index (χ0) is 28.5. The van der Waals surface area contributed by atoms with Crippen molar-refractivity contribution in [1.82, 2.24) is 5.32 Å². The molecular formula is C30H22BrCl2N3O3S. The smallest absolute Gasteiger partial charge is 0.272 e. The molecule has 0 atom stereocenters. The van der Waals surface area contributed by atoms with Gasteiger partial charge in [0.2, 0.25) is 5.91 Å². The van der Waals surface area contributed by atoms with Crippen LogP contribution in [0.25, 0.3) is 6.08 Å². The molecule has 10 heteroatoms. The van der Waals surface area contributed by atoms with Gasteiger partial charge >= 0.3 is 0 Å². The SMILES string of the molecule is O=C(CSc1ccc(NC(=O)/C(=C/c2cccc(Br)c2)NC(=O)c2ccccc2)cc1)Nc1ccc(Cl)cc1Cl. The summed E-state index contributed by atoms with van der Waals surface area (Å²) in [4.78, 5) is 39.2. The molecule has 0 heterocycles. The normalized spacial score (nSPS) is 11.0. The van der Waals surface area contributed by atoms with Crippen LogP contribution in [0.1, 0.15) is 15.9 Å². The summed E-state index contributed by atoms with van der Waals surface area (Å²) < 4.78 is 0.841. The molecule has 0 aromatic heterocycles. The van der Waals surface area contributed by atoms with Gasteiger partial charge in [-0.3, -0.25) is 14.4 Å². The number of amides is 3. The lowest BCUT2D eigenvalue weighted by Crippen LogP contribution is -2.30. The number of nitrogens with one attached hydrogen (secondary N) is 3. The van der Waals surface area contributed by atoms with Gasteiger partial charge in [-0.25, -0.2) is 0 Å². The van der Waals surface area contributed by atoms with Crippen LogP contribution in [0.15, 0.2) is 112 Å². The highest BCUT2D eigenvalue weighted by molar-refractivity contribution is 9.10. The van der Waals surface area contributed by atoms with Gasteiger partial charge in [-0.15, -0.1) is 11.8 Å². The van der Waals surface area contributed by atoms with E-state index >= 15 is 0 Å². The van der Waals surface area contributed by atoms with Gasteiger partial charge in [-0.05, 0) is 78.4 Å². The fraction of sp³-hybridized carbons (Fsp3) is 0.0333. The van der Waals surface area contributed by atoms with Crippen LogP contribution in [0, 0.1) is 0 Å². The average molecular weight is 655 g/mol. The second kappa shape index (κ2) is 14.2. The molecular weight excluding hydrogens is 633 g/mol. The first-order valence-corrected chi connectivity index (χ1v) is 14.4. The molecule has 0 bridgehead atoms. The topological polar surface area (TPSA) is 87.3 Å². The molecule has 6 nitrogen and oxygen atoms in total. The lowest BCUT2D eigenvalue weighted by Gasteiger charge is -2.12. The van der Waals surface area contributed by atoms with E-state index in [-0.39, 0.29) is 17.4 Å². The van der Waals surface area contributed by atoms with Crippen molar-refractivity contribution in [2.75, 3.05) is 16.4 Å². The Morgan fingerprint density at radius 1 is 0.825 bits per heavy atom. The Morgan fingerprint density at radius 2 is 1.57 bits per heavy atom. The number of benzene rings is 4. The van der Waals surface area contributed by atoms with E-state index in [9.17, 15) is 14.4 Å². The molecule has 0 saturated carbocycles. The van der Waals surface area contributed by atoms with Gasteiger partial charge in [-0.2, -0.15) is 0 Å². The molecule has 202 valence electrons. The maximum absolute atomic E-state index is 13.2. The van der Waals surface area contributed by atoms with E-state index in [2.05, 4.69) is 31.9 Å². The number of anilines is 2. The number of halogens is 3. The predicted octanol–water partition coefficient (Wildman–Crippen LogP) is 7.90. The van der Waals surface area contributed by atoms with Crippen molar-refractivity contribution in [3.63, 3.8) is 0 Å². The van der Waals surface area contributed by atoms with E-state index in [0.29, 0.717) is 27.0 Å². The minimum absolute atomic E-state index is 0.0861. The van der Waals surface area contributed by atoms with Crippen LogP contribution in [-0.4, -0.2) is 23.5 Å². The summed E-state index contributed by atoms with van der Waals surface area (Å²) in [7, 11) is 0. The van der Waals surface area contributed by atoms with Crippen LogP contribution in [0.4, 0.5) is 11.4 Å². The summed E-state index contributed by atoms with van der Waals surface area (Å²) in [5.41, 5.74) is 2.27. The third kappa shape index (κ3) is 8.72. The van der Waals surface area contributed by atoms with Crippen LogP contribution >= 0.6 is 50.9 Å². The first-order valence-electron chi connectivity index (χ1n) is 11.9. The molecule has 0 aliphatic rings. The Hall–Kier alpha value is -3.56. The Labute approximate surface area is 254 Å². The Bertz CT molecular complexity index is 1560. The molecule has 40 heavy (non-hydrogen) atoms. The number of hydrogen-bond acceptors (Lipinski definition) is 4. The van der Waals surface area contributed by atoms with Crippen molar-refractivity contribution < 1.29 is 14.4 Å². The highest BCUT2D eigenvalue weighted by Gasteiger charge is 2.15. The summed E-state index contributed by atoms with van der Waals surface area (Å²) >= 11 is 16.8.